The van der Waals surface area contributed by atoms with Crippen LogP contribution in [-0.2, 0) is 11.2 Å². The SMILES string of the molecule is CCc1ccc(C(C(=O)Nc2ccc(F)cc2)N(C(=O)c2cnccn2)c2cc(OC)cc(OC)c2)cc1. The van der Waals surface area contributed by atoms with Crippen molar-refractivity contribution in [1.29, 1.82) is 0 Å². The largest absolute Gasteiger partial charge is 0.497 e. The van der Waals surface area contributed by atoms with Gasteiger partial charge in [0.05, 0.1) is 26.1 Å². The van der Waals surface area contributed by atoms with E-state index in [9.17, 15) is 14.0 Å². The van der Waals surface area contributed by atoms with Gasteiger partial charge in [0.15, 0.2) is 0 Å². The molecule has 0 saturated heterocycles. The van der Waals surface area contributed by atoms with Crippen LogP contribution in [0.1, 0.15) is 34.6 Å². The first-order chi connectivity index (χ1) is 18.4. The normalized spacial score (nSPS) is 11.4. The molecule has 3 aromatic carbocycles. The van der Waals surface area contributed by atoms with Gasteiger partial charge in [-0.1, -0.05) is 31.2 Å². The van der Waals surface area contributed by atoms with E-state index in [1.807, 2.05) is 31.2 Å². The van der Waals surface area contributed by atoms with E-state index >= 15 is 0 Å². The number of methoxy groups -OCH3 is 2. The van der Waals surface area contributed by atoms with Crippen molar-refractivity contribution in [2.24, 2.45) is 0 Å². The number of rotatable bonds is 9. The van der Waals surface area contributed by atoms with Crippen LogP contribution in [0, 0.1) is 5.82 Å². The summed E-state index contributed by atoms with van der Waals surface area (Å²) >= 11 is 0. The minimum absolute atomic E-state index is 0.0408. The average molecular weight is 515 g/mol. The first-order valence-electron chi connectivity index (χ1n) is 11.9. The maximum absolute atomic E-state index is 14.0. The minimum atomic E-state index is -1.14. The van der Waals surface area contributed by atoms with Crippen LogP contribution in [-0.4, -0.2) is 36.0 Å². The molecule has 1 atom stereocenters. The lowest BCUT2D eigenvalue weighted by molar-refractivity contribution is -0.117. The lowest BCUT2D eigenvalue weighted by atomic mass is 10.00. The summed E-state index contributed by atoms with van der Waals surface area (Å²) in [6.07, 6.45) is 5.00. The zero-order valence-electron chi connectivity index (χ0n) is 21.2. The Labute approximate surface area is 220 Å². The predicted molar refractivity (Wildman–Crippen MR) is 142 cm³/mol. The predicted octanol–water partition coefficient (Wildman–Crippen LogP) is 5.22. The van der Waals surface area contributed by atoms with E-state index in [4.69, 9.17) is 9.47 Å². The van der Waals surface area contributed by atoms with Crippen LogP contribution in [0.5, 0.6) is 11.5 Å². The third kappa shape index (κ3) is 5.95. The fraction of sp³-hybridized carbons (Fsp3) is 0.172. The van der Waals surface area contributed by atoms with Crippen molar-refractivity contribution in [3.8, 4) is 11.5 Å². The Balaban J connectivity index is 1.90. The Kier molecular flexibility index (Phi) is 8.27. The van der Waals surface area contributed by atoms with E-state index in [-0.39, 0.29) is 5.69 Å². The molecular weight excluding hydrogens is 487 g/mol. The van der Waals surface area contributed by atoms with Crippen molar-refractivity contribution in [1.82, 2.24) is 9.97 Å². The first-order valence-corrected chi connectivity index (χ1v) is 11.9. The molecule has 4 rings (SSSR count). The highest BCUT2D eigenvalue weighted by atomic mass is 19.1. The zero-order chi connectivity index (χ0) is 27.1. The lowest BCUT2D eigenvalue weighted by Crippen LogP contribution is -2.42. The second kappa shape index (κ2) is 12.0. The number of aromatic nitrogens is 2. The summed E-state index contributed by atoms with van der Waals surface area (Å²) in [7, 11) is 2.99. The number of ether oxygens (including phenoxy) is 2. The summed E-state index contributed by atoms with van der Waals surface area (Å²) in [4.78, 5) is 37.4. The van der Waals surface area contributed by atoms with E-state index in [1.165, 1.54) is 62.0 Å². The number of carbonyl (C=O) groups is 2. The molecule has 1 heterocycles. The highest BCUT2D eigenvalue weighted by Crippen LogP contribution is 2.35. The molecule has 0 saturated carbocycles. The Morgan fingerprint density at radius 3 is 2.16 bits per heavy atom. The van der Waals surface area contributed by atoms with Gasteiger partial charge in [0, 0.05) is 36.3 Å². The summed E-state index contributed by atoms with van der Waals surface area (Å²) in [5.74, 6) is -0.657. The van der Waals surface area contributed by atoms with Gasteiger partial charge >= 0.3 is 0 Å². The van der Waals surface area contributed by atoms with Gasteiger partial charge in [-0.3, -0.25) is 19.5 Å². The standard InChI is InChI=1S/C29H27FN4O4/c1-4-19-5-7-20(8-6-19)27(28(35)33-22-11-9-21(30)10-12-22)34(29(36)26-18-31-13-14-32-26)23-15-24(37-2)17-25(16-23)38-3/h5-18,27H,4H2,1-3H3,(H,33,35). The summed E-state index contributed by atoms with van der Waals surface area (Å²) in [6.45, 7) is 2.03. The number of hydrogen-bond acceptors (Lipinski definition) is 6. The Bertz CT molecular complexity index is 1370. The van der Waals surface area contributed by atoms with Crippen molar-refractivity contribution in [2.75, 3.05) is 24.4 Å². The monoisotopic (exact) mass is 514 g/mol. The van der Waals surface area contributed by atoms with Crippen LogP contribution in [0.2, 0.25) is 0 Å². The van der Waals surface area contributed by atoms with Crippen LogP contribution >= 0.6 is 0 Å². The number of carbonyl (C=O) groups excluding carboxylic acids is 2. The van der Waals surface area contributed by atoms with E-state index in [0.717, 1.165) is 12.0 Å². The van der Waals surface area contributed by atoms with Crippen molar-refractivity contribution >= 4 is 23.2 Å². The molecule has 0 aliphatic heterocycles. The number of benzene rings is 3. The molecule has 8 nitrogen and oxygen atoms in total. The van der Waals surface area contributed by atoms with Crippen LogP contribution in [0.15, 0.2) is 85.3 Å². The van der Waals surface area contributed by atoms with Crippen molar-refractivity contribution in [3.05, 3.63) is 108 Å². The summed E-state index contributed by atoms with van der Waals surface area (Å²) in [5.41, 5.74) is 2.39. The summed E-state index contributed by atoms with van der Waals surface area (Å²) in [5, 5.41) is 2.81. The van der Waals surface area contributed by atoms with Gasteiger partial charge in [0.2, 0.25) is 0 Å². The molecule has 0 spiro atoms. The van der Waals surface area contributed by atoms with Gasteiger partial charge in [-0.25, -0.2) is 9.37 Å². The topological polar surface area (TPSA) is 93.7 Å². The molecule has 9 heteroatoms. The smallest absolute Gasteiger partial charge is 0.279 e. The third-order valence-corrected chi connectivity index (χ3v) is 5.94. The lowest BCUT2D eigenvalue weighted by Gasteiger charge is -2.31. The molecule has 4 aromatic rings. The molecule has 1 unspecified atom stereocenters. The molecule has 0 bridgehead atoms. The number of amides is 2. The molecule has 38 heavy (non-hydrogen) atoms. The Morgan fingerprint density at radius 2 is 1.61 bits per heavy atom. The van der Waals surface area contributed by atoms with Crippen molar-refractivity contribution in [2.45, 2.75) is 19.4 Å². The van der Waals surface area contributed by atoms with E-state index in [0.29, 0.717) is 28.4 Å². The molecule has 0 aliphatic rings. The number of anilines is 2. The number of aryl methyl sites for hydroxylation is 1. The molecule has 194 valence electrons. The second-order valence-electron chi connectivity index (χ2n) is 8.33. The van der Waals surface area contributed by atoms with E-state index < -0.39 is 23.7 Å². The molecule has 1 N–H and O–H groups in total. The number of halogens is 1. The fourth-order valence-corrected chi connectivity index (χ4v) is 3.95. The molecule has 2 amide bonds. The second-order valence-corrected chi connectivity index (χ2v) is 8.33. The van der Waals surface area contributed by atoms with Crippen LogP contribution in [0.3, 0.4) is 0 Å². The van der Waals surface area contributed by atoms with Crippen molar-refractivity contribution < 1.29 is 23.5 Å². The Morgan fingerprint density at radius 1 is 0.947 bits per heavy atom. The van der Waals surface area contributed by atoms with Gasteiger partial charge in [-0.15, -0.1) is 0 Å². The minimum Gasteiger partial charge on any atom is -0.497 e. The first kappa shape index (κ1) is 26.3. The zero-order valence-corrected chi connectivity index (χ0v) is 21.2. The van der Waals surface area contributed by atoms with Crippen LogP contribution in [0.25, 0.3) is 0 Å². The van der Waals surface area contributed by atoms with E-state index in [2.05, 4.69) is 15.3 Å². The highest BCUT2D eigenvalue weighted by Gasteiger charge is 2.35. The van der Waals surface area contributed by atoms with Crippen molar-refractivity contribution in [3.63, 3.8) is 0 Å². The van der Waals surface area contributed by atoms with Crippen LogP contribution in [0.4, 0.5) is 15.8 Å². The molecule has 0 radical (unpaired) electrons. The summed E-state index contributed by atoms with van der Waals surface area (Å²) < 4.78 is 24.4. The van der Waals surface area contributed by atoms with Gasteiger partial charge in [0.25, 0.3) is 11.8 Å². The number of nitrogens with zero attached hydrogens (tertiary/aromatic N) is 3. The van der Waals surface area contributed by atoms with Gasteiger partial charge in [0.1, 0.15) is 29.1 Å². The van der Waals surface area contributed by atoms with Gasteiger partial charge in [-0.2, -0.15) is 0 Å². The maximum atomic E-state index is 14.0. The van der Waals surface area contributed by atoms with E-state index in [1.54, 1.807) is 18.2 Å². The molecule has 1 aromatic heterocycles. The number of nitrogens with one attached hydrogen (secondary N) is 1. The fourth-order valence-electron chi connectivity index (χ4n) is 3.95. The molecular formula is C29H27FN4O4. The number of hydrogen-bond donors (Lipinski definition) is 1. The average Bonchev–Trinajstić information content (AvgIpc) is 2.96. The highest BCUT2D eigenvalue weighted by molar-refractivity contribution is 6.11. The molecule has 0 aliphatic carbocycles. The molecule has 0 fully saturated rings. The van der Waals surface area contributed by atoms with Crippen LogP contribution < -0.4 is 19.7 Å². The summed E-state index contributed by atoms with van der Waals surface area (Å²) in [6, 6.07) is 16.6. The van der Waals surface area contributed by atoms with Gasteiger partial charge < -0.3 is 14.8 Å². The maximum Gasteiger partial charge on any atom is 0.279 e. The van der Waals surface area contributed by atoms with Gasteiger partial charge in [-0.05, 0) is 41.8 Å². The third-order valence-electron chi connectivity index (χ3n) is 5.94. The Hall–Kier alpha value is -4.79. The quantitative estimate of drug-likeness (QED) is 0.329.